The van der Waals surface area contributed by atoms with E-state index in [1.165, 1.54) is 0 Å². The highest BCUT2D eigenvalue weighted by Crippen LogP contribution is 2.16. The van der Waals surface area contributed by atoms with Crippen LogP contribution in [0.5, 0.6) is 0 Å². The highest BCUT2D eigenvalue weighted by Gasteiger charge is 2.09. The number of rotatable bonds is 7. The van der Waals surface area contributed by atoms with Crippen LogP contribution in [0.2, 0.25) is 0 Å². The molecule has 0 spiro atoms. The van der Waals surface area contributed by atoms with E-state index in [1.54, 1.807) is 18.6 Å². The van der Waals surface area contributed by atoms with Crippen LogP contribution in [0.15, 0.2) is 42.9 Å². The summed E-state index contributed by atoms with van der Waals surface area (Å²) >= 11 is 0. The molecule has 128 valence electrons. The van der Waals surface area contributed by atoms with Crippen molar-refractivity contribution in [2.24, 2.45) is 5.73 Å². The van der Waals surface area contributed by atoms with Gasteiger partial charge in [-0.1, -0.05) is 24.3 Å². The number of hydrogen-bond acceptors (Lipinski definition) is 5. The van der Waals surface area contributed by atoms with Gasteiger partial charge in [-0.2, -0.15) is 5.10 Å². The number of aromatic amines is 1. The van der Waals surface area contributed by atoms with Crippen molar-refractivity contribution in [1.29, 1.82) is 0 Å². The lowest BCUT2D eigenvalue weighted by atomic mass is 9.98. The Morgan fingerprint density at radius 2 is 2.00 bits per heavy atom. The SMILES string of the molecule is Cc1cnc(Nc2cn[nH]c2)nc1CCc1ccccc1CC(N)=O. The molecule has 2 aromatic heterocycles. The van der Waals surface area contributed by atoms with Crippen LogP contribution in [0.1, 0.15) is 22.4 Å². The maximum absolute atomic E-state index is 11.2. The van der Waals surface area contributed by atoms with Gasteiger partial charge in [0, 0.05) is 18.1 Å². The van der Waals surface area contributed by atoms with E-state index in [1.807, 2.05) is 31.2 Å². The van der Waals surface area contributed by atoms with Gasteiger partial charge in [0.1, 0.15) is 0 Å². The Kier molecular flexibility index (Phi) is 5.03. The Labute approximate surface area is 145 Å². The van der Waals surface area contributed by atoms with E-state index < -0.39 is 0 Å². The fraction of sp³-hybridized carbons (Fsp3) is 0.222. The first kappa shape index (κ1) is 16.6. The number of carbonyl (C=O) groups excluding carboxylic acids is 1. The normalized spacial score (nSPS) is 10.6. The van der Waals surface area contributed by atoms with E-state index in [0.717, 1.165) is 40.9 Å². The molecule has 0 aliphatic carbocycles. The van der Waals surface area contributed by atoms with Gasteiger partial charge in [-0.05, 0) is 36.5 Å². The first-order valence-corrected chi connectivity index (χ1v) is 8.05. The van der Waals surface area contributed by atoms with Crippen LogP contribution in [-0.4, -0.2) is 26.1 Å². The monoisotopic (exact) mass is 336 g/mol. The summed E-state index contributed by atoms with van der Waals surface area (Å²) in [7, 11) is 0. The number of nitrogens with one attached hydrogen (secondary N) is 2. The number of amides is 1. The summed E-state index contributed by atoms with van der Waals surface area (Å²) in [6.45, 7) is 1.99. The van der Waals surface area contributed by atoms with E-state index >= 15 is 0 Å². The molecule has 1 amide bonds. The Balaban J connectivity index is 1.74. The summed E-state index contributed by atoms with van der Waals surface area (Å²) in [4.78, 5) is 20.1. The van der Waals surface area contributed by atoms with Crippen molar-refractivity contribution in [2.75, 3.05) is 5.32 Å². The molecule has 3 rings (SSSR count). The molecule has 7 nitrogen and oxygen atoms in total. The van der Waals surface area contributed by atoms with Crippen molar-refractivity contribution in [1.82, 2.24) is 20.2 Å². The molecule has 7 heteroatoms. The first-order valence-electron chi connectivity index (χ1n) is 8.05. The Morgan fingerprint density at radius 1 is 1.20 bits per heavy atom. The standard InChI is InChI=1S/C18H20N6O/c1-12-9-20-18(23-15-10-21-22-11-15)24-16(12)7-6-13-4-2-3-5-14(13)8-17(19)25/h2-5,9-11H,6-8H2,1H3,(H2,19,25)(H,21,22)(H,20,23,24). The summed E-state index contributed by atoms with van der Waals surface area (Å²) in [6, 6.07) is 7.86. The molecule has 0 aliphatic rings. The van der Waals surface area contributed by atoms with Gasteiger partial charge < -0.3 is 11.1 Å². The largest absolute Gasteiger partial charge is 0.369 e. The van der Waals surface area contributed by atoms with Gasteiger partial charge in [-0.15, -0.1) is 0 Å². The van der Waals surface area contributed by atoms with E-state index in [2.05, 4.69) is 25.5 Å². The van der Waals surface area contributed by atoms with Gasteiger partial charge in [-0.3, -0.25) is 9.89 Å². The van der Waals surface area contributed by atoms with Crippen molar-refractivity contribution >= 4 is 17.5 Å². The zero-order chi connectivity index (χ0) is 17.6. The third kappa shape index (κ3) is 4.41. The second-order valence-electron chi connectivity index (χ2n) is 5.85. The van der Waals surface area contributed by atoms with Crippen LogP contribution in [0, 0.1) is 6.92 Å². The highest BCUT2D eigenvalue weighted by atomic mass is 16.1. The molecule has 25 heavy (non-hydrogen) atoms. The molecule has 0 radical (unpaired) electrons. The molecule has 0 saturated heterocycles. The molecular formula is C18H20N6O. The predicted molar refractivity (Wildman–Crippen MR) is 95.4 cm³/mol. The lowest BCUT2D eigenvalue weighted by Gasteiger charge is -2.10. The lowest BCUT2D eigenvalue weighted by molar-refractivity contribution is -0.117. The molecule has 0 unspecified atom stereocenters. The van der Waals surface area contributed by atoms with E-state index in [-0.39, 0.29) is 12.3 Å². The van der Waals surface area contributed by atoms with Gasteiger partial charge in [-0.25, -0.2) is 9.97 Å². The number of carbonyl (C=O) groups is 1. The Bertz CT molecular complexity index is 860. The molecule has 0 atom stereocenters. The van der Waals surface area contributed by atoms with Crippen LogP contribution in [-0.2, 0) is 24.1 Å². The van der Waals surface area contributed by atoms with E-state index in [0.29, 0.717) is 5.95 Å². The quantitative estimate of drug-likeness (QED) is 0.612. The molecule has 4 N–H and O–H groups in total. The first-order chi connectivity index (χ1) is 12.1. The number of H-pyrrole nitrogens is 1. The Morgan fingerprint density at radius 3 is 2.72 bits per heavy atom. The maximum Gasteiger partial charge on any atom is 0.227 e. The minimum absolute atomic E-state index is 0.256. The molecule has 3 aromatic rings. The highest BCUT2D eigenvalue weighted by molar-refractivity contribution is 5.77. The van der Waals surface area contributed by atoms with Gasteiger partial charge in [0.15, 0.2) is 0 Å². The molecule has 0 bridgehead atoms. The average molecular weight is 336 g/mol. The topological polar surface area (TPSA) is 110 Å². The second kappa shape index (κ2) is 7.57. The van der Waals surface area contributed by atoms with Crippen LogP contribution >= 0.6 is 0 Å². The second-order valence-corrected chi connectivity index (χ2v) is 5.85. The number of nitrogens with two attached hydrogens (primary N) is 1. The number of primary amides is 1. The average Bonchev–Trinajstić information content (AvgIpc) is 3.09. The van der Waals surface area contributed by atoms with Crippen molar-refractivity contribution in [3.63, 3.8) is 0 Å². The van der Waals surface area contributed by atoms with Crippen molar-refractivity contribution < 1.29 is 4.79 Å². The Hall–Kier alpha value is -3.22. The molecule has 0 aliphatic heterocycles. The number of aromatic nitrogens is 4. The fourth-order valence-electron chi connectivity index (χ4n) is 2.65. The van der Waals surface area contributed by atoms with Crippen LogP contribution < -0.4 is 11.1 Å². The van der Waals surface area contributed by atoms with Crippen molar-refractivity contribution in [3.8, 4) is 0 Å². The summed E-state index contributed by atoms with van der Waals surface area (Å²) in [6.07, 6.45) is 7.01. The summed E-state index contributed by atoms with van der Waals surface area (Å²) in [5.74, 6) is 0.213. The third-order valence-electron chi connectivity index (χ3n) is 3.95. The smallest absolute Gasteiger partial charge is 0.227 e. The molecule has 0 fully saturated rings. The van der Waals surface area contributed by atoms with Gasteiger partial charge in [0.2, 0.25) is 11.9 Å². The van der Waals surface area contributed by atoms with Crippen molar-refractivity contribution in [3.05, 3.63) is 65.2 Å². The van der Waals surface area contributed by atoms with Gasteiger partial charge in [0.25, 0.3) is 0 Å². The summed E-state index contributed by atoms with van der Waals surface area (Å²) in [5.41, 5.74) is 10.2. The van der Waals surface area contributed by atoms with E-state index in [4.69, 9.17) is 5.73 Å². The number of aryl methyl sites for hydroxylation is 3. The number of hydrogen-bond donors (Lipinski definition) is 3. The summed E-state index contributed by atoms with van der Waals surface area (Å²) < 4.78 is 0. The number of anilines is 2. The zero-order valence-corrected chi connectivity index (χ0v) is 14.0. The van der Waals surface area contributed by atoms with Gasteiger partial charge >= 0.3 is 0 Å². The van der Waals surface area contributed by atoms with Gasteiger partial charge in [0.05, 0.1) is 18.3 Å². The predicted octanol–water partition coefficient (Wildman–Crippen LogP) is 2.06. The fourth-order valence-corrected chi connectivity index (χ4v) is 2.65. The molecule has 1 aromatic carbocycles. The number of benzene rings is 1. The minimum Gasteiger partial charge on any atom is -0.369 e. The van der Waals surface area contributed by atoms with E-state index in [9.17, 15) is 4.79 Å². The summed E-state index contributed by atoms with van der Waals surface area (Å²) in [5, 5.41) is 9.74. The minimum atomic E-state index is -0.322. The third-order valence-corrected chi connectivity index (χ3v) is 3.95. The lowest BCUT2D eigenvalue weighted by Crippen LogP contribution is -2.15. The van der Waals surface area contributed by atoms with Crippen LogP contribution in [0.25, 0.3) is 0 Å². The molecular weight excluding hydrogens is 316 g/mol. The molecule has 2 heterocycles. The van der Waals surface area contributed by atoms with Crippen LogP contribution in [0.3, 0.4) is 0 Å². The maximum atomic E-state index is 11.2. The van der Waals surface area contributed by atoms with Crippen LogP contribution in [0.4, 0.5) is 11.6 Å². The zero-order valence-electron chi connectivity index (χ0n) is 14.0. The number of nitrogens with zero attached hydrogens (tertiary/aromatic N) is 3. The molecule has 0 saturated carbocycles. The van der Waals surface area contributed by atoms with Crippen molar-refractivity contribution in [2.45, 2.75) is 26.2 Å².